The van der Waals surface area contributed by atoms with Crippen molar-refractivity contribution in [2.45, 2.75) is 32.6 Å². The zero-order chi connectivity index (χ0) is 30.1. The van der Waals surface area contributed by atoms with Crippen LogP contribution in [0.1, 0.15) is 28.4 Å². The van der Waals surface area contributed by atoms with Gasteiger partial charge in [-0.25, -0.2) is 13.8 Å². The van der Waals surface area contributed by atoms with Gasteiger partial charge < -0.3 is 20.5 Å². The highest BCUT2D eigenvalue weighted by Crippen LogP contribution is 2.21. The molecule has 0 aliphatic carbocycles. The van der Waals surface area contributed by atoms with Crippen molar-refractivity contribution < 1.29 is 23.2 Å². The Labute approximate surface area is 250 Å². The number of hydrogen-bond donors (Lipinski definition) is 3. The van der Waals surface area contributed by atoms with Gasteiger partial charge in [0.1, 0.15) is 18.5 Å². The van der Waals surface area contributed by atoms with Gasteiger partial charge in [0.25, 0.3) is 5.91 Å². The molecule has 3 amide bonds. The van der Waals surface area contributed by atoms with Crippen LogP contribution in [0.25, 0.3) is 10.1 Å². The first-order valence-electron chi connectivity index (χ1n) is 13.2. The molecule has 0 saturated carbocycles. The summed E-state index contributed by atoms with van der Waals surface area (Å²) in [5.74, 6) is -0.572. The molecule has 222 valence electrons. The van der Waals surface area contributed by atoms with Gasteiger partial charge in [-0.05, 0) is 55.2 Å². The van der Waals surface area contributed by atoms with Crippen LogP contribution in [0, 0.1) is 12.7 Å². The third kappa shape index (κ3) is 8.30. The van der Waals surface area contributed by atoms with Crippen LogP contribution < -0.4 is 16.0 Å². The zero-order valence-electron chi connectivity index (χ0n) is 22.8. The fourth-order valence-corrected chi connectivity index (χ4v) is 5.31. The lowest BCUT2D eigenvalue weighted by Gasteiger charge is -2.18. The number of likely N-dealkylation sites (tertiary alicyclic amines) is 1. The highest BCUT2D eigenvalue weighted by molar-refractivity contribution is 7.13. The van der Waals surface area contributed by atoms with Crippen LogP contribution in [-0.4, -0.2) is 69.4 Å². The number of carbonyl (C=O) groups excluding carboxylic acids is 3. The van der Waals surface area contributed by atoms with Gasteiger partial charge in [0.2, 0.25) is 18.1 Å². The minimum atomic E-state index is -0.796. The Morgan fingerprint density at radius 1 is 1.24 bits per heavy atom. The van der Waals surface area contributed by atoms with Crippen LogP contribution in [-0.2, 0) is 22.7 Å². The first kappa shape index (κ1) is 31.0. The summed E-state index contributed by atoms with van der Waals surface area (Å²) in [6.45, 7) is 4.20. The second kappa shape index (κ2) is 14.8. The van der Waals surface area contributed by atoms with E-state index in [0.29, 0.717) is 49.7 Å². The van der Waals surface area contributed by atoms with Gasteiger partial charge in [0, 0.05) is 36.6 Å². The molecular weight excluding hydrogens is 588 g/mol. The van der Waals surface area contributed by atoms with E-state index in [1.807, 2.05) is 24.0 Å². The van der Waals surface area contributed by atoms with Crippen LogP contribution in [0.5, 0.6) is 0 Å². The molecule has 4 heterocycles. The zero-order valence-corrected chi connectivity index (χ0v) is 24.4. The molecule has 2 aromatic carbocycles. The summed E-state index contributed by atoms with van der Waals surface area (Å²) in [7, 11) is 0. The lowest BCUT2D eigenvalue weighted by atomic mass is 10.2. The van der Waals surface area contributed by atoms with Crippen molar-refractivity contribution >= 4 is 57.3 Å². The van der Waals surface area contributed by atoms with Crippen LogP contribution in [0.3, 0.4) is 0 Å². The number of benzene rings is 2. The Kier molecular flexibility index (Phi) is 10.9. The fraction of sp³-hybridized carbons (Fsp3) is 0.321. The molecule has 10 nitrogen and oxygen atoms in total. The molecule has 14 heteroatoms. The van der Waals surface area contributed by atoms with Gasteiger partial charge in [0.05, 0.1) is 22.6 Å². The highest BCUT2D eigenvalue weighted by Gasteiger charge is 2.27. The minimum Gasteiger partial charge on any atom is -0.349 e. The maximum Gasteiger partial charge on any atom is 0.287 e. The molecule has 6 rings (SSSR count). The normalized spacial score (nSPS) is 15.9. The number of amides is 3. The van der Waals surface area contributed by atoms with E-state index < -0.39 is 12.1 Å². The van der Waals surface area contributed by atoms with E-state index in [2.05, 4.69) is 37.4 Å². The number of aryl methyl sites for hydroxylation is 1. The quantitative estimate of drug-likeness (QED) is 0.282. The molecule has 2 aliphatic rings. The van der Waals surface area contributed by atoms with Crippen LogP contribution in [0.15, 0.2) is 48.5 Å². The van der Waals surface area contributed by atoms with Gasteiger partial charge in [-0.3, -0.25) is 19.3 Å². The number of hydrogen-bond acceptors (Lipinski definition) is 7. The fourth-order valence-electron chi connectivity index (χ4n) is 4.40. The summed E-state index contributed by atoms with van der Waals surface area (Å²) in [5.41, 5.74) is 1.72. The Hall–Kier alpha value is -3.94. The molecular formula is C28H30ClF2N7O3S. The molecule has 0 spiro atoms. The number of nitrogens with zero attached hydrogens (tertiary/aromatic N) is 4. The van der Waals surface area contributed by atoms with E-state index in [1.54, 1.807) is 11.5 Å². The van der Waals surface area contributed by atoms with Crippen LogP contribution in [0.2, 0.25) is 5.02 Å². The average Bonchev–Trinajstić information content (AvgIpc) is 3.68. The van der Waals surface area contributed by atoms with Crippen molar-refractivity contribution in [1.82, 2.24) is 29.5 Å². The number of anilines is 1. The van der Waals surface area contributed by atoms with E-state index >= 15 is 0 Å². The molecule has 3 N–H and O–H groups in total. The second-order valence-corrected chi connectivity index (χ2v) is 10.7. The van der Waals surface area contributed by atoms with Crippen molar-refractivity contribution in [3.8, 4) is 0 Å². The largest absolute Gasteiger partial charge is 0.349 e. The summed E-state index contributed by atoms with van der Waals surface area (Å²) in [6.07, 6.45) is 0.204. The number of imidazole rings is 1. The SMILES string of the molecule is Cc1nsc2ccccc12.Fc1ccc(Cl)cc1.O=CNc1nc(C(=O)NCCN2CCC(F)C2)n2c1CNC(=O)C2. The van der Waals surface area contributed by atoms with E-state index in [4.69, 9.17) is 11.6 Å². The molecule has 1 atom stereocenters. The Balaban J connectivity index is 0.000000182. The van der Waals surface area contributed by atoms with Gasteiger partial charge in [-0.2, -0.15) is 4.37 Å². The predicted octanol–water partition coefficient (Wildman–Crippen LogP) is 3.94. The molecule has 0 bridgehead atoms. The van der Waals surface area contributed by atoms with Crippen LogP contribution in [0.4, 0.5) is 14.6 Å². The molecule has 0 radical (unpaired) electrons. The van der Waals surface area contributed by atoms with Crippen molar-refractivity contribution in [3.05, 3.63) is 76.6 Å². The number of alkyl halides is 1. The van der Waals surface area contributed by atoms with Crippen LogP contribution >= 0.6 is 23.1 Å². The summed E-state index contributed by atoms with van der Waals surface area (Å²) in [4.78, 5) is 40.6. The monoisotopic (exact) mass is 617 g/mol. The summed E-state index contributed by atoms with van der Waals surface area (Å²) >= 11 is 7.01. The third-order valence-corrected chi connectivity index (χ3v) is 7.69. The van der Waals surface area contributed by atoms with Gasteiger partial charge in [-0.15, -0.1) is 0 Å². The maximum absolute atomic E-state index is 13.1. The molecule has 2 aliphatic heterocycles. The lowest BCUT2D eigenvalue weighted by molar-refractivity contribution is -0.122. The Bertz CT molecular complexity index is 1510. The highest BCUT2D eigenvalue weighted by atomic mass is 35.5. The molecule has 42 heavy (non-hydrogen) atoms. The van der Waals surface area contributed by atoms with Gasteiger partial charge in [-0.1, -0.05) is 29.8 Å². The van der Waals surface area contributed by atoms with Crippen molar-refractivity contribution in [2.75, 3.05) is 31.5 Å². The lowest BCUT2D eigenvalue weighted by Crippen LogP contribution is -2.38. The van der Waals surface area contributed by atoms with E-state index in [1.165, 1.54) is 38.9 Å². The van der Waals surface area contributed by atoms with Crippen molar-refractivity contribution in [3.63, 3.8) is 0 Å². The average molecular weight is 618 g/mol. The molecule has 1 saturated heterocycles. The Morgan fingerprint density at radius 2 is 2.00 bits per heavy atom. The molecule has 2 aromatic heterocycles. The number of halogens is 3. The molecule has 1 unspecified atom stereocenters. The van der Waals surface area contributed by atoms with Gasteiger partial charge >= 0.3 is 0 Å². The maximum atomic E-state index is 13.1. The number of rotatable bonds is 6. The first-order chi connectivity index (χ1) is 20.2. The second-order valence-electron chi connectivity index (χ2n) is 9.50. The smallest absolute Gasteiger partial charge is 0.287 e. The predicted molar refractivity (Wildman–Crippen MR) is 158 cm³/mol. The number of aromatic nitrogens is 3. The van der Waals surface area contributed by atoms with Crippen molar-refractivity contribution in [2.24, 2.45) is 0 Å². The van der Waals surface area contributed by atoms with E-state index in [-0.39, 0.29) is 36.5 Å². The number of carbonyl (C=O) groups is 3. The number of fused-ring (bicyclic) bond motifs is 2. The standard InChI is InChI=1S/C14H19FN6O3.C8H7NS.C6H4ClF/c15-9-1-3-20(6-9)4-2-16-14(24)13-19-12(18-8-22)10-5-17-11(23)7-21(10)13;1-6-7-4-2-3-5-8(7)10-9-6;7-5-1-3-6(8)4-2-5/h8-9H,1-7H2,(H,16,24)(H,17,23)(H,18,22);2-5H,1H3;1-4H. The molecule has 4 aromatic rings. The first-order valence-corrected chi connectivity index (χ1v) is 14.3. The molecule has 1 fully saturated rings. The summed E-state index contributed by atoms with van der Waals surface area (Å²) in [5, 5.41) is 9.65. The van der Waals surface area contributed by atoms with E-state index in [9.17, 15) is 23.2 Å². The topological polar surface area (TPSA) is 121 Å². The summed E-state index contributed by atoms with van der Waals surface area (Å²) < 4.78 is 32.1. The Morgan fingerprint density at radius 3 is 2.67 bits per heavy atom. The minimum absolute atomic E-state index is 0.0265. The number of nitrogens with one attached hydrogen (secondary N) is 3. The third-order valence-electron chi connectivity index (χ3n) is 6.52. The van der Waals surface area contributed by atoms with E-state index in [0.717, 1.165) is 5.69 Å². The van der Waals surface area contributed by atoms with Gasteiger partial charge in [0.15, 0.2) is 5.82 Å². The van der Waals surface area contributed by atoms with Crippen molar-refractivity contribution in [1.29, 1.82) is 0 Å². The summed E-state index contributed by atoms with van der Waals surface area (Å²) in [6, 6.07) is 14.0.